The topological polar surface area (TPSA) is 91.4 Å². The van der Waals surface area contributed by atoms with E-state index in [0.29, 0.717) is 0 Å². The molecule has 1 aromatic heterocycles. The number of amides is 1. The van der Waals surface area contributed by atoms with E-state index in [4.69, 9.17) is 4.74 Å². The van der Waals surface area contributed by atoms with Crippen molar-refractivity contribution in [3.63, 3.8) is 0 Å². The molecule has 1 atom stereocenters. The van der Waals surface area contributed by atoms with Crippen molar-refractivity contribution in [1.29, 1.82) is 0 Å². The van der Waals surface area contributed by atoms with Crippen LogP contribution < -0.4 is 5.32 Å². The van der Waals surface area contributed by atoms with Gasteiger partial charge < -0.3 is 20.1 Å². The zero-order valence-electron chi connectivity index (χ0n) is 14.4. The summed E-state index contributed by atoms with van der Waals surface area (Å²) in [5, 5.41) is 13.1. The fourth-order valence-corrected chi connectivity index (χ4v) is 2.82. The normalized spacial score (nSPS) is 13.1. The Labute approximate surface area is 150 Å². The van der Waals surface area contributed by atoms with Crippen LogP contribution in [0, 0.1) is 0 Å². The van der Waals surface area contributed by atoms with Crippen LogP contribution in [0.5, 0.6) is 0 Å². The molecule has 26 heavy (non-hydrogen) atoms. The average Bonchev–Trinajstić information content (AvgIpc) is 3.03. The molecule has 1 amide bonds. The first-order valence-electron chi connectivity index (χ1n) is 8.25. The summed E-state index contributed by atoms with van der Waals surface area (Å²) in [7, 11) is 0. The molecule has 2 aromatic carbocycles. The molecular weight excluding hydrogens is 332 g/mol. The summed E-state index contributed by atoms with van der Waals surface area (Å²) in [5.41, 5.74) is 1.07. The summed E-state index contributed by atoms with van der Waals surface area (Å²) in [6.45, 7) is 1.55. The lowest BCUT2D eigenvalue weighted by Gasteiger charge is -2.25. The smallest absolute Gasteiger partial charge is 0.408 e. The molecular formula is C20H20N2O4. The van der Waals surface area contributed by atoms with E-state index in [2.05, 4.69) is 10.3 Å². The van der Waals surface area contributed by atoms with Gasteiger partial charge in [0.15, 0.2) is 0 Å². The lowest BCUT2D eigenvalue weighted by atomic mass is 9.93. The minimum atomic E-state index is -1.49. The number of fused-ring (bicyclic) bond motifs is 1. The molecule has 3 aromatic rings. The van der Waals surface area contributed by atoms with E-state index in [-0.39, 0.29) is 13.0 Å². The highest BCUT2D eigenvalue weighted by Crippen LogP contribution is 2.23. The highest BCUT2D eigenvalue weighted by Gasteiger charge is 2.36. The maximum absolute atomic E-state index is 12.1. The van der Waals surface area contributed by atoms with Crippen LogP contribution in [0.2, 0.25) is 0 Å². The number of nitrogens with one attached hydrogen (secondary N) is 2. The molecule has 0 radical (unpaired) electrons. The van der Waals surface area contributed by atoms with Crippen molar-refractivity contribution < 1.29 is 19.4 Å². The Balaban J connectivity index is 1.71. The molecule has 1 unspecified atom stereocenters. The lowest BCUT2D eigenvalue weighted by molar-refractivity contribution is -0.143. The second kappa shape index (κ2) is 7.31. The van der Waals surface area contributed by atoms with Gasteiger partial charge in [-0.3, -0.25) is 0 Å². The minimum Gasteiger partial charge on any atom is -0.480 e. The van der Waals surface area contributed by atoms with Gasteiger partial charge in [0.05, 0.1) is 0 Å². The van der Waals surface area contributed by atoms with E-state index in [1.54, 1.807) is 6.20 Å². The van der Waals surface area contributed by atoms with Crippen LogP contribution in [0.3, 0.4) is 0 Å². The number of hydrogen-bond donors (Lipinski definition) is 3. The number of hydrogen-bond acceptors (Lipinski definition) is 3. The van der Waals surface area contributed by atoms with Crippen molar-refractivity contribution in [2.75, 3.05) is 0 Å². The quantitative estimate of drug-likeness (QED) is 0.633. The number of aromatic nitrogens is 1. The zero-order valence-corrected chi connectivity index (χ0v) is 14.4. The number of ether oxygens (including phenoxy) is 1. The van der Waals surface area contributed by atoms with Crippen molar-refractivity contribution in [3.8, 4) is 0 Å². The largest absolute Gasteiger partial charge is 0.480 e. The summed E-state index contributed by atoms with van der Waals surface area (Å²) >= 11 is 0. The number of aromatic amines is 1. The molecule has 0 spiro atoms. The second-order valence-electron chi connectivity index (χ2n) is 6.36. The molecule has 6 nitrogen and oxygen atoms in total. The van der Waals surface area contributed by atoms with Crippen LogP contribution in [0.25, 0.3) is 10.9 Å². The summed E-state index contributed by atoms with van der Waals surface area (Å²) in [4.78, 5) is 27.0. The van der Waals surface area contributed by atoms with Gasteiger partial charge in [0.2, 0.25) is 0 Å². The van der Waals surface area contributed by atoms with Crippen LogP contribution in [-0.4, -0.2) is 27.7 Å². The van der Waals surface area contributed by atoms with Gasteiger partial charge in [-0.25, -0.2) is 9.59 Å². The SMILES string of the molecule is CC(Cc1c[nH]c2ccccc12)(NC(=O)OCc1ccccc1)C(=O)O. The minimum absolute atomic E-state index is 0.0788. The van der Waals surface area contributed by atoms with E-state index in [9.17, 15) is 14.7 Å². The Morgan fingerprint density at radius 2 is 1.81 bits per heavy atom. The Morgan fingerprint density at radius 1 is 1.12 bits per heavy atom. The van der Waals surface area contributed by atoms with Crippen LogP contribution in [0.4, 0.5) is 4.79 Å². The van der Waals surface area contributed by atoms with E-state index in [1.165, 1.54) is 6.92 Å². The van der Waals surface area contributed by atoms with E-state index >= 15 is 0 Å². The average molecular weight is 352 g/mol. The molecule has 0 bridgehead atoms. The molecule has 0 aliphatic rings. The summed E-state index contributed by atoms with van der Waals surface area (Å²) in [6, 6.07) is 16.8. The predicted molar refractivity (Wildman–Crippen MR) is 97.8 cm³/mol. The number of alkyl carbamates (subject to hydrolysis) is 1. The van der Waals surface area contributed by atoms with Crippen molar-refractivity contribution >= 4 is 23.0 Å². The summed E-state index contributed by atoms with van der Waals surface area (Å²) in [6.07, 6.45) is 1.13. The van der Waals surface area contributed by atoms with Gasteiger partial charge in [-0.1, -0.05) is 48.5 Å². The first-order chi connectivity index (χ1) is 12.5. The number of para-hydroxylation sites is 1. The Kier molecular flexibility index (Phi) is 4.93. The maximum atomic E-state index is 12.1. The van der Waals surface area contributed by atoms with Gasteiger partial charge in [-0.2, -0.15) is 0 Å². The zero-order chi connectivity index (χ0) is 18.6. The van der Waals surface area contributed by atoms with Gasteiger partial charge in [0, 0.05) is 23.5 Å². The molecule has 3 rings (SSSR count). The summed E-state index contributed by atoms with van der Waals surface area (Å²) < 4.78 is 5.16. The molecule has 0 saturated heterocycles. The van der Waals surface area contributed by atoms with Crippen molar-refractivity contribution in [1.82, 2.24) is 10.3 Å². The molecule has 0 aliphatic carbocycles. The van der Waals surface area contributed by atoms with Crippen molar-refractivity contribution in [3.05, 3.63) is 71.9 Å². The Hall–Kier alpha value is -3.28. The van der Waals surface area contributed by atoms with E-state index < -0.39 is 17.6 Å². The number of carbonyl (C=O) groups is 2. The molecule has 6 heteroatoms. The van der Waals surface area contributed by atoms with Gasteiger partial charge in [-0.05, 0) is 24.1 Å². The Morgan fingerprint density at radius 3 is 2.54 bits per heavy atom. The van der Waals surface area contributed by atoms with Crippen LogP contribution in [0.1, 0.15) is 18.1 Å². The predicted octanol–water partition coefficient (Wildman–Crippen LogP) is 3.48. The van der Waals surface area contributed by atoms with Gasteiger partial charge in [-0.15, -0.1) is 0 Å². The number of aliphatic carboxylic acids is 1. The van der Waals surface area contributed by atoms with Crippen LogP contribution in [-0.2, 0) is 22.6 Å². The first-order valence-corrected chi connectivity index (χ1v) is 8.25. The van der Waals surface area contributed by atoms with E-state index in [1.807, 2.05) is 54.6 Å². The lowest BCUT2D eigenvalue weighted by Crippen LogP contribution is -2.53. The van der Waals surface area contributed by atoms with Crippen LogP contribution in [0.15, 0.2) is 60.8 Å². The standard InChI is InChI=1S/C20H20N2O4/c1-20(18(23)24,11-15-12-21-17-10-6-5-9-16(15)17)22-19(25)26-13-14-7-3-2-4-8-14/h2-10,12,21H,11,13H2,1H3,(H,22,25)(H,23,24). The number of H-pyrrole nitrogens is 1. The third kappa shape index (κ3) is 3.85. The van der Waals surface area contributed by atoms with Crippen LogP contribution >= 0.6 is 0 Å². The first kappa shape index (κ1) is 17.5. The second-order valence-corrected chi connectivity index (χ2v) is 6.36. The third-order valence-corrected chi connectivity index (χ3v) is 4.28. The monoisotopic (exact) mass is 352 g/mol. The number of rotatable bonds is 6. The fraction of sp³-hybridized carbons (Fsp3) is 0.200. The molecule has 0 aliphatic heterocycles. The number of carboxylic acid groups (broad SMARTS) is 1. The van der Waals surface area contributed by atoms with Gasteiger partial charge in [0.25, 0.3) is 0 Å². The third-order valence-electron chi connectivity index (χ3n) is 4.28. The molecule has 134 valence electrons. The Bertz CT molecular complexity index is 920. The maximum Gasteiger partial charge on any atom is 0.408 e. The molecule has 1 heterocycles. The fourth-order valence-electron chi connectivity index (χ4n) is 2.82. The van der Waals surface area contributed by atoms with Gasteiger partial charge >= 0.3 is 12.1 Å². The van der Waals surface area contributed by atoms with Crippen molar-refractivity contribution in [2.24, 2.45) is 0 Å². The number of carbonyl (C=O) groups excluding carboxylic acids is 1. The van der Waals surface area contributed by atoms with E-state index in [0.717, 1.165) is 22.0 Å². The summed E-state index contributed by atoms with van der Waals surface area (Å²) in [5.74, 6) is -1.13. The van der Waals surface area contributed by atoms with Crippen molar-refractivity contribution in [2.45, 2.75) is 25.5 Å². The molecule has 0 fully saturated rings. The highest BCUT2D eigenvalue weighted by atomic mass is 16.5. The highest BCUT2D eigenvalue weighted by molar-refractivity contribution is 5.87. The molecule has 0 saturated carbocycles. The molecule has 3 N–H and O–H groups in total. The number of benzene rings is 2. The number of carboxylic acids is 1. The van der Waals surface area contributed by atoms with Gasteiger partial charge in [0.1, 0.15) is 12.1 Å².